The second kappa shape index (κ2) is 13.0. The molecule has 0 aliphatic rings. The Morgan fingerprint density at radius 1 is 0.978 bits per heavy atom. The summed E-state index contributed by atoms with van der Waals surface area (Å²) in [4.78, 5) is 52.9. The van der Waals surface area contributed by atoms with Crippen LogP contribution in [0.1, 0.15) is 29.3 Å². The molecule has 3 aromatic carbocycles. The number of alkyl halides is 3. The van der Waals surface area contributed by atoms with Gasteiger partial charge in [0.1, 0.15) is 29.3 Å². The Hall–Kier alpha value is -5.21. The van der Waals surface area contributed by atoms with Gasteiger partial charge >= 0.3 is 17.8 Å². The van der Waals surface area contributed by atoms with Crippen LogP contribution in [0.4, 0.5) is 33.3 Å². The summed E-state index contributed by atoms with van der Waals surface area (Å²) in [5, 5.41) is 14.0. The van der Waals surface area contributed by atoms with E-state index in [2.05, 4.69) is 0 Å². The van der Waals surface area contributed by atoms with Crippen LogP contribution >= 0.6 is 0 Å². The molecule has 0 saturated heterocycles. The van der Waals surface area contributed by atoms with E-state index in [0.717, 1.165) is 10.3 Å². The Labute approximate surface area is 258 Å². The minimum absolute atomic E-state index is 0.191. The van der Waals surface area contributed by atoms with Crippen molar-refractivity contribution in [3.63, 3.8) is 0 Å². The molecule has 1 amide bonds. The number of rotatable bonds is 10. The zero-order valence-corrected chi connectivity index (χ0v) is 25.1. The standard InChI is InChI=1S/C31H30F5N5O5/c1-5-25(31(34,35)36)37-17-13-21(32)26(22(33)14-17)27(42)38-23(29(44)45)12-16-6-8-18(9-7-16)41-28(43)20-15-19(39(2)3)10-11-24(20)40(4)30(41)46/h6-11,13-15,23,25,37H,5,12H2,1-4H3,(H,38,42)(H,44,45)/t23-,25?/m0/s1. The lowest BCUT2D eigenvalue weighted by Crippen LogP contribution is -2.43. The highest BCUT2D eigenvalue weighted by Gasteiger charge is 2.38. The van der Waals surface area contributed by atoms with Crippen LogP contribution in [0.5, 0.6) is 0 Å². The van der Waals surface area contributed by atoms with Crippen molar-refractivity contribution in [2.24, 2.45) is 7.05 Å². The van der Waals surface area contributed by atoms with Crippen molar-refractivity contribution in [2.75, 3.05) is 24.3 Å². The van der Waals surface area contributed by atoms with E-state index >= 15 is 0 Å². The number of hydrogen-bond donors (Lipinski definition) is 3. The molecule has 0 aliphatic heterocycles. The van der Waals surface area contributed by atoms with Crippen molar-refractivity contribution in [1.29, 1.82) is 0 Å². The fourth-order valence-corrected chi connectivity index (χ4v) is 4.89. The maximum Gasteiger partial charge on any atom is 0.408 e. The normalized spacial score (nSPS) is 12.9. The summed E-state index contributed by atoms with van der Waals surface area (Å²) < 4.78 is 70.9. The Bertz CT molecular complexity index is 1900. The van der Waals surface area contributed by atoms with Gasteiger partial charge in [0.25, 0.3) is 11.5 Å². The van der Waals surface area contributed by atoms with Gasteiger partial charge < -0.3 is 20.6 Å². The molecule has 1 aromatic heterocycles. The molecule has 3 N–H and O–H groups in total. The summed E-state index contributed by atoms with van der Waals surface area (Å²) >= 11 is 0. The number of carboxylic acids is 1. The highest BCUT2D eigenvalue weighted by Crippen LogP contribution is 2.28. The molecule has 0 fully saturated rings. The van der Waals surface area contributed by atoms with E-state index in [9.17, 15) is 46.2 Å². The number of amides is 1. The van der Waals surface area contributed by atoms with Crippen LogP contribution in [0, 0.1) is 11.6 Å². The quantitative estimate of drug-likeness (QED) is 0.220. The van der Waals surface area contributed by atoms with Crippen molar-refractivity contribution in [2.45, 2.75) is 38.0 Å². The average Bonchev–Trinajstić information content (AvgIpc) is 2.98. The molecule has 0 aliphatic carbocycles. The molecular formula is C31H30F5N5O5. The topological polar surface area (TPSA) is 126 Å². The fraction of sp³-hybridized carbons (Fsp3) is 0.290. The summed E-state index contributed by atoms with van der Waals surface area (Å²) in [6, 6.07) is 8.04. The molecule has 46 heavy (non-hydrogen) atoms. The van der Waals surface area contributed by atoms with Crippen molar-refractivity contribution in [3.8, 4) is 5.69 Å². The first-order chi connectivity index (χ1) is 21.5. The minimum Gasteiger partial charge on any atom is -0.480 e. The van der Waals surface area contributed by atoms with Gasteiger partial charge in [-0.1, -0.05) is 19.1 Å². The van der Waals surface area contributed by atoms with Gasteiger partial charge in [0.2, 0.25) is 0 Å². The third kappa shape index (κ3) is 6.87. The monoisotopic (exact) mass is 647 g/mol. The lowest BCUT2D eigenvalue weighted by molar-refractivity contribution is -0.143. The van der Waals surface area contributed by atoms with Gasteiger partial charge in [-0.05, 0) is 54.4 Å². The van der Waals surface area contributed by atoms with Crippen molar-refractivity contribution in [3.05, 3.63) is 98.2 Å². The van der Waals surface area contributed by atoms with Gasteiger partial charge in [-0.3, -0.25) is 14.2 Å². The average molecular weight is 648 g/mol. The molecule has 2 atom stereocenters. The lowest BCUT2D eigenvalue weighted by Gasteiger charge is -2.21. The molecule has 4 rings (SSSR count). The van der Waals surface area contributed by atoms with Gasteiger partial charge in [-0.25, -0.2) is 22.9 Å². The number of fused-ring (bicyclic) bond motifs is 1. The molecule has 10 nitrogen and oxygen atoms in total. The van der Waals surface area contributed by atoms with E-state index in [1.807, 2.05) is 10.6 Å². The van der Waals surface area contributed by atoms with Crippen LogP contribution in [0.3, 0.4) is 0 Å². The zero-order chi connectivity index (χ0) is 34.1. The van der Waals surface area contributed by atoms with E-state index in [-0.39, 0.29) is 12.1 Å². The molecule has 0 bridgehead atoms. The van der Waals surface area contributed by atoms with Crippen LogP contribution in [0.25, 0.3) is 16.6 Å². The third-order valence-electron chi connectivity index (χ3n) is 7.42. The SMILES string of the molecule is CCC(Nc1cc(F)c(C(=O)N[C@@H](Cc2ccc(-n3c(=O)c4cc(N(C)C)ccc4n(C)c3=O)cc2)C(=O)O)c(F)c1)C(F)(F)F. The van der Waals surface area contributed by atoms with Crippen molar-refractivity contribution >= 4 is 34.2 Å². The van der Waals surface area contributed by atoms with Gasteiger partial charge in [0.05, 0.1) is 16.6 Å². The first-order valence-electron chi connectivity index (χ1n) is 13.9. The smallest absolute Gasteiger partial charge is 0.408 e. The number of benzene rings is 3. The van der Waals surface area contributed by atoms with Crippen LogP contribution in [-0.2, 0) is 18.3 Å². The van der Waals surface area contributed by atoms with E-state index in [1.54, 1.807) is 37.2 Å². The molecule has 244 valence electrons. The summed E-state index contributed by atoms with van der Waals surface area (Å²) in [5.41, 5.74) is -1.22. The van der Waals surface area contributed by atoms with Gasteiger partial charge in [-0.15, -0.1) is 0 Å². The van der Waals surface area contributed by atoms with Crippen molar-refractivity contribution in [1.82, 2.24) is 14.5 Å². The highest BCUT2D eigenvalue weighted by molar-refractivity contribution is 5.97. The summed E-state index contributed by atoms with van der Waals surface area (Å²) in [6.07, 6.45) is -5.48. The van der Waals surface area contributed by atoms with Crippen molar-refractivity contribution < 1.29 is 36.6 Å². The predicted molar refractivity (Wildman–Crippen MR) is 162 cm³/mol. The van der Waals surface area contributed by atoms with Crippen LogP contribution in [-0.4, -0.2) is 58.5 Å². The largest absolute Gasteiger partial charge is 0.480 e. The van der Waals surface area contributed by atoms with Crippen LogP contribution in [0.2, 0.25) is 0 Å². The Morgan fingerprint density at radius 2 is 1.59 bits per heavy atom. The first kappa shape index (κ1) is 33.7. The number of aliphatic carboxylic acids is 1. The third-order valence-corrected chi connectivity index (χ3v) is 7.42. The van der Waals surface area contributed by atoms with E-state index in [4.69, 9.17) is 0 Å². The summed E-state index contributed by atoms with van der Waals surface area (Å²) in [7, 11) is 5.12. The molecule has 0 spiro atoms. The first-order valence-corrected chi connectivity index (χ1v) is 13.9. The summed E-state index contributed by atoms with van der Waals surface area (Å²) in [6.45, 7) is 1.23. The fourth-order valence-electron chi connectivity index (χ4n) is 4.89. The number of carboxylic acid groups (broad SMARTS) is 1. The zero-order valence-electron chi connectivity index (χ0n) is 25.1. The molecular weight excluding hydrogens is 617 g/mol. The highest BCUT2D eigenvalue weighted by atomic mass is 19.4. The maximum absolute atomic E-state index is 14.7. The number of aryl methyl sites for hydroxylation is 1. The van der Waals surface area contributed by atoms with E-state index < -0.39 is 70.7 Å². The van der Waals surface area contributed by atoms with Gasteiger partial charge in [0, 0.05) is 38.9 Å². The lowest BCUT2D eigenvalue weighted by atomic mass is 10.0. The number of anilines is 2. The van der Waals surface area contributed by atoms with E-state index in [1.165, 1.54) is 42.8 Å². The maximum atomic E-state index is 14.7. The number of nitrogens with one attached hydrogen (secondary N) is 2. The number of halogens is 5. The number of hydrogen-bond acceptors (Lipinski definition) is 6. The number of aromatic nitrogens is 2. The molecule has 15 heteroatoms. The second-order valence-corrected chi connectivity index (χ2v) is 10.8. The number of carbonyl (C=O) groups excluding carboxylic acids is 1. The van der Waals surface area contributed by atoms with Crippen LogP contribution < -0.4 is 26.8 Å². The number of nitrogens with zero attached hydrogens (tertiary/aromatic N) is 3. The molecule has 0 radical (unpaired) electrons. The molecule has 1 unspecified atom stereocenters. The molecule has 0 saturated carbocycles. The molecule has 1 heterocycles. The molecule has 4 aromatic rings. The van der Waals surface area contributed by atoms with E-state index in [0.29, 0.717) is 28.6 Å². The summed E-state index contributed by atoms with van der Waals surface area (Å²) in [5.74, 6) is -5.96. The Morgan fingerprint density at radius 3 is 2.11 bits per heavy atom. The van der Waals surface area contributed by atoms with Crippen LogP contribution in [0.15, 0.2) is 64.2 Å². The number of carbonyl (C=O) groups is 2. The predicted octanol–water partition coefficient (Wildman–Crippen LogP) is 4.21. The minimum atomic E-state index is -4.69. The Balaban J connectivity index is 1.57. The second-order valence-electron chi connectivity index (χ2n) is 10.8. The Kier molecular flexibility index (Phi) is 9.54. The van der Waals surface area contributed by atoms with Gasteiger partial charge in [-0.2, -0.15) is 13.2 Å². The van der Waals surface area contributed by atoms with Gasteiger partial charge in [0.15, 0.2) is 0 Å².